The van der Waals surface area contributed by atoms with Gasteiger partial charge < -0.3 is 17.7 Å². The molecule has 8 heteroatoms. The van der Waals surface area contributed by atoms with E-state index in [0.29, 0.717) is 5.75 Å². The second-order valence-corrected chi connectivity index (χ2v) is 4.14. The van der Waals surface area contributed by atoms with Gasteiger partial charge in [0.05, 0.1) is 6.20 Å². The Bertz CT molecular complexity index is 542. The van der Waals surface area contributed by atoms with Crippen LogP contribution in [0.25, 0.3) is 0 Å². The van der Waals surface area contributed by atoms with Gasteiger partial charge in [-0.25, -0.2) is 0 Å². The molecule has 1 heterocycles. The number of benzene rings is 1. The molecule has 0 spiro atoms. The van der Waals surface area contributed by atoms with E-state index in [0.717, 1.165) is 24.2 Å². The minimum Gasteiger partial charge on any atom is -0.489 e. The number of hydrogen-bond acceptors (Lipinski definition) is 2. The molecule has 0 aliphatic carbocycles. The fraction of sp³-hybridized carbons (Fsp3) is 0.250. The summed E-state index contributed by atoms with van der Waals surface area (Å²) in [6, 6.07) is 4.72. The molecule has 0 aliphatic rings. The van der Waals surface area contributed by atoms with Gasteiger partial charge >= 0.3 is 58.4 Å². The topological polar surface area (TPSA) is 27.1 Å². The van der Waals surface area contributed by atoms with Gasteiger partial charge in [-0.1, -0.05) is 12.1 Å². The molecule has 0 radical (unpaired) electrons. The van der Waals surface area contributed by atoms with E-state index in [9.17, 15) is 12.9 Å². The van der Waals surface area contributed by atoms with E-state index >= 15 is 0 Å². The Balaban J connectivity index is 0.00000200. The smallest absolute Gasteiger partial charge is 0.489 e. The normalized spacial score (nSPS) is 11.0. The van der Waals surface area contributed by atoms with Gasteiger partial charge in [0.15, 0.2) is 0 Å². The number of aryl methyl sites for hydroxylation is 1. The van der Waals surface area contributed by atoms with E-state index in [1.165, 1.54) is 12.1 Å². The Morgan fingerprint density at radius 2 is 1.85 bits per heavy atom. The molecule has 1 aromatic carbocycles. The van der Waals surface area contributed by atoms with E-state index in [-0.39, 0.29) is 58.0 Å². The number of nitrogens with zero attached hydrogens (tertiary/aromatic N) is 2. The zero-order chi connectivity index (χ0) is 13.9. The van der Waals surface area contributed by atoms with Crippen LogP contribution in [-0.2, 0) is 13.2 Å². The molecule has 2 aromatic rings. The first-order valence-electron chi connectivity index (χ1n) is 5.93. The monoisotopic (exact) mass is 308 g/mol. The zero-order valence-corrected chi connectivity index (χ0v) is 14.5. The first-order chi connectivity index (χ1) is 8.99. The third-order valence-electron chi connectivity index (χ3n) is 2.67. The number of hydrogen-bond donors (Lipinski definition) is 0. The van der Waals surface area contributed by atoms with Gasteiger partial charge in [-0.2, -0.15) is 5.10 Å². The summed E-state index contributed by atoms with van der Waals surface area (Å²) in [5.41, 5.74) is 0.261. The summed E-state index contributed by atoms with van der Waals surface area (Å²) >= 11 is 0. The second-order valence-electron chi connectivity index (χ2n) is 4.14. The number of aromatic nitrogens is 2. The molecule has 20 heavy (non-hydrogen) atoms. The summed E-state index contributed by atoms with van der Waals surface area (Å²) in [7, 11) is 0. The number of halogens is 3. The molecule has 0 N–H and O–H groups in total. The Morgan fingerprint density at radius 1 is 1.20 bits per heavy atom. The van der Waals surface area contributed by atoms with Crippen molar-refractivity contribution in [2.75, 3.05) is 0 Å². The standard InChI is InChI=1S/C12H13BF3N2O.K/c1-2-18-8-10(7-17-18)9-19-12-5-3-11(4-6-12)13(14,15)16;/h3-8H,2,9H2,1H3;/q-1;+1. The molecule has 1 aromatic heterocycles. The average Bonchev–Trinajstić information content (AvgIpc) is 2.84. The maximum Gasteiger partial charge on any atom is 1.00 e. The van der Waals surface area contributed by atoms with Gasteiger partial charge in [0.1, 0.15) is 12.4 Å². The van der Waals surface area contributed by atoms with Crippen molar-refractivity contribution in [2.45, 2.75) is 20.1 Å². The summed E-state index contributed by atoms with van der Waals surface area (Å²) in [6.07, 6.45) is 3.52. The zero-order valence-electron chi connectivity index (χ0n) is 11.4. The Morgan fingerprint density at radius 3 is 2.35 bits per heavy atom. The molecular formula is C12H13BF3KN2O. The van der Waals surface area contributed by atoms with Crippen LogP contribution in [0.4, 0.5) is 12.9 Å². The van der Waals surface area contributed by atoms with Crippen LogP contribution in [0, 0.1) is 0 Å². The van der Waals surface area contributed by atoms with Gasteiger partial charge in [0.2, 0.25) is 0 Å². The van der Waals surface area contributed by atoms with Crippen LogP contribution >= 0.6 is 0 Å². The van der Waals surface area contributed by atoms with Crippen LogP contribution in [0.2, 0.25) is 0 Å². The fourth-order valence-electron chi connectivity index (χ4n) is 1.60. The van der Waals surface area contributed by atoms with Crippen LogP contribution in [0.1, 0.15) is 12.5 Å². The number of ether oxygens (including phenoxy) is 1. The summed E-state index contributed by atoms with van der Waals surface area (Å²) in [5, 5.41) is 4.08. The Labute approximate surface area is 158 Å². The Hall–Kier alpha value is -0.279. The first-order valence-corrected chi connectivity index (χ1v) is 5.93. The third kappa shape index (κ3) is 4.92. The van der Waals surface area contributed by atoms with Crippen LogP contribution < -0.4 is 61.6 Å². The molecule has 0 fully saturated rings. The summed E-state index contributed by atoms with van der Waals surface area (Å²) < 4.78 is 44.4. The molecule has 0 unspecified atom stereocenters. The maximum atomic E-state index is 12.4. The van der Waals surface area contributed by atoms with E-state index in [2.05, 4.69) is 5.10 Å². The maximum absolute atomic E-state index is 12.4. The molecule has 0 saturated carbocycles. The van der Waals surface area contributed by atoms with Crippen molar-refractivity contribution in [1.82, 2.24) is 9.78 Å². The predicted molar refractivity (Wildman–Crippen MR) is 67.4 cm³/mol. The van der Waals surface area contributed by atoms with Crippen LogP contribution in [0.5, 0.6) is 5.75 Å². The van der Waals surface area contributed by atoms with E-state index < -0.39 is 12.4 Å². The van der Waals surface area contributed by atoms with Crippen molar-refractivity contribution in [1.29, 1.82) is 0 Å². The van der Waals surface area contributed by atoms with Gasteiger partial charge in [-0.3, -0.25) is 4.68 Å². The van der Waals surface area contributed by atoms with E-state index in [4.69, 9.17) is 4.74 Å². The largest absolute Gasteiger partial charge is 1.00 e. The van der Waals surface area contributed by atoms with Crippen molar-refractivity contribution >= 4 is 12.4 Å². The quantitative estimate of drug-likeness (QED) is 0.699. The molecule has 102 valence electrons. The second kappa shape index (κ2) is 7.65. The summed E-state index contributed by atoms with van der Waals surface area (Å²) in [4.78, 5) is 0. The molecule has 0 amide bonds. The predicted octanol–water partition coefficient (Wildman–Crippen LogP) is -0.460. The van der Waals surface area contributed by atoms with Crippen molar-refractivity contribution in [3.8, 4) is 5.75 Å². The molecule has 0 saturated heterocycles. The van der Waals surface area contributed by atoms with Gasteiger partial charge in [-0.05, 0) is 19.1 Å². The van der Waals surface area contributed by atoms with Gasteiger partial charge in [-0.15, -0.1) is 5.46 Å². The van der Waals surface area contributed by atoms with Crippen molar-refractivity contribution in [3.05, 3.63) is 42.2 Å². The van der Waals surface area contributed by atoms with Crippen LogP contribution in [0.15, 0.2) is 36.7 Å². The summed E-state index contributed by atoms with van der Waals surface area (Å²) in [5.74, 6) is 0.410. The SMILES string of the molecule is CCn1cc(COc2ccc([B-](F)(F)F)cc2)cn1.[K+]. The molecule has 0 aliphatic heterocycles. The van der Waals surface area contributed by atoms with Gasteiger partial charge in [0.25, 0.3) is 0 Å². The molecule has 2 rings (SSSR count). The average molecular weight is 308 g/mol. The van der Waals surface area contributed by atoms with E-state index in [1.54, 1.807) is 10.9 Å². The minimum absolute atomic E-state index is 0. The Kier molecular flexibility index (Phi) is 6.80. The first kappa shape index (κ1) is 17.8. The summed E-state index contributed by atoms with van der Waals surface area (Å²) in [6.45, 7) is -1.92. The molecule has 0 bridgehead atoms. The van der Waals surface area contributed by atoms with Crippen molar-refractivity contribution in [2.24, 2.45) is 0 Å². The van der Waals surface area contributed by atoms with Crippen LogP contribution in [0.3, 0.4) is 0 Å². The van der Waals surface area contributed by atoms with Crippen LogP contribution in [-0.4, -0.2) is 16.8 Å². The van der Waals surface area contributed by atoms with E-state index in [1.807, 2.05) is 13.1 Å². The molecular weight excluding hydrogens is 295 g/mol. The van der Waals surface area contributed by atoms with Crippen molar-refractivity contribution < 1.29 is 69.1 Å². The van der Waals surface area contributed by atoms with Gasteiger partial charge in [0, 0.05) is 18.3 Å². The number of rotatable bonds is 5. The van der Waals surface area contributed by atoms with Crippen molar-refractivity contribution in [3.63, 3.8) is 0 Å². The molecule has 3 nitrogen and oxygen atoms in total. The third-order valence-corrected chi connectivity index (χ3v) is 2.67. The minimum atomic E-state index is -4.95. The fourth-order valence-corrected chi connectivity index (χ4v) is 1.60. The molecule has 0 atom stereocenters.